The molecule has 1 heterocycles. The van der Waals surface area contributed by atoms with Crippen LogP contribution in [0.4, 0.5) is 0 Å². The first-order chi connectivity index (χ1) is 9.99. The maximum Gasteiger partial charge on any atom is 0.172 e. The first-order valence-electron chi connectivity index (χ1n) is 7.49. The van der Waals surface area contributed by atoms with Gasteiger partial charge in [-0.15, -0.1) is 0 Å². The Morgan fingerprint density at radius 3 is 2.38 bits per heavy atom. The molecule has 5 heteroatoms. The van der Waals surface area contributed by atoms with Gasteiger partial charge in [0.1, 0.15) is 0 Å². The molecule has 1 saturated heterocycles. The molecule has 1 fully saturated rings. The highest BCUT2D eigenvalue weighted by molar-refractivity contribution is 9.10. The van der Waals surface area contributed by atoms with E-state index in [2.05, 4.69) is 39.6 Å². The van der Waals surface area contributed by atoms with Crippen molar-refractivity contribution in [3.8, 4) is 11.5 Å². The summed E-state index contributed by atoms with van der Waals surface area (Å²) in [5.74, 6) is 1.43. The molecule has 21 heavy (non-hydrogen) atoms. The zero-order valence-corrected chi connectivity index (χ0v) is 14.7. The number of benzene rings is 1. The van der Waals surface area contributed by atoms with E-state index in [9.17, 15) is 5.11 Å². The van der Waals surface area contributed by atoms with Crippen molar-refractivity contribution in [3.05, 3.63) is 22.2 Å². The van der Waals surface area contributed by atoms with Gasteiger partial charge in [-0.05, 0) is 39.5 Å². The molecule has 1 aliphatic rings. The van der Waals surface area contributed by atoms with Crippen LogP contribution in [0.5, 0.6) is 11.5 Å². The van der Waals surface area contributed by atoms with Gasteiger partial charge < -0.3 is 14.7 Å². The molecule has 1 N–H and O–H groups in total. The molecule has 0 spiro atoms. The Kier molecular flexibility index (Phi) is 5.90. The van der Waals surface area contributed by atoms with Crippen LogP contribution in [0.15, 0.2) is 16.6 Å². The average molecular weight is 357 g/mol. The Bertz CT molecular complexity index is 472. The van der Waals surface area contributed by atoms with Crippen LogP contribution in [0.3, 0.4) is 0 Å². The molecule has 1 aliphatic heterocycles. The average Bonchev–Trinajstić information content (AvgIpc) is 2.44. The zero-order valence-electron chi connectivity index (χ0n) is 13.1. The van der Waals surface area contributed by atoms with E-state index in [0.717, 1.165) is 44.2 Å². The lowest BCUT2D eigenvalue weighted by Crippen LogP contribution is -2.46. The minimum atomic E-state index is 0.169. The van der Waals surface area contributed by atoms with E-state index >= 15 is 0 Å². The van der Waals surface area contributed by atoms with Crippen LogP contribution >= 0.6 is 15.9 Å². The molecule has 0 aromatic heterocycles. The Morgan fingerprint density at radius 2 is 1.81 bits per heavy atom. The number of piperazine rings is 1. The first kappa shape index (κ1) is 16.6. The van der Waals surface area contributed by atoms with Gasteiger partial charge in [0.25, 0.3) is 0 Å². The van der Waals surface area contributed by atoms with Crippen molar-refractivity contribution in [2.75, 3.05) is 39.8 Å². The molecule has 0 aliphatic carbocycles. The molecule has 0 bridgehead atoms. The summed E-state index contributed by atoms with van der Waals surface area (Å²) in [6.45, 7) is 11.1. The number of hydrogen-bond donors (Lipinski definition) is 1. The van der Waals surface area contributed by atoms with Crippen molar-refractivity contribution in [1.29, 1.82) is 0 Å². The molecule has 118 valence electrons. The predicted molar refractivity (Wildman–Crippen MR) is 88.9 cm³/mol. The molecule has 0 amide bonds. The second kappa shape index (κ2) is 7.47. The van der Waals surface area contributed by atoms with Crippen molar-refractivity contribution in [3.63, 3.8) is 0 Å². The molecular formula is C16H25BrN2O2. The van der Waals surface area contributed by atoms with Crippen LogP contribution in [0, 0.1) is 5.92 Å². The molecule has 1 aromatic carbocycles. The Morgan fingerprint density at radius 1 is 1.19 bits per heavy atom. The normalized spacial score (nSPS) is 17.4. The number of nitrogens with zero attached hydrogens (tertiary/aromatic N) is 2. The van der Waals surface area contributed by atoms with Crippen LogP contribution < -0.4 is 4.74 Å². The van der Waals surface area contributed by atoms with Crippen LogP contribution in [-0.4, -0.2) is 54.7 Å². The number of aromatic hydroxyl groups is 1. The van der Waals surface area contributed by atoms with Crippen molar-refractivity contribution in [2.45, 2.75) is 20.4 Å². The lowest BCUT2D eigenvalue weighted by Gasteiger charge is -2.35. The quantitative estimate of drug-likeness (QED) is 0.879. The summed E-state index contributed by atoms with van der Waals surface area (Å²) in [5.41, 5.74) is 1.16. The van der Waals surface area contributed by atoms with Crippen molar-refractivity contribution >= 4 is 15.9 Å². The Balaban J connectivity index is 1.93. The fraction of sp³-hybridized carbons (Fsp3) is 0.625. The number of phenolic OH excluding ortho intramolecular Hbond substituents is 1. The molecule has 0 saturated carbocycles. The summed E-state index contributed by atoms with van der Waals surface area (Å²) in [6, 6.07) is 3.89. The first-order valence-corrected chi connectivity index (χ1v) is 8.29. The van der Waals surface area contributed by atoms with Gasteiger partial charge in [-0.3, -0.25) is 4.90 Å². The van der Waals surface area contributed by atoms with E-state index in [-0.39, 0.29) is 5.75 Å². The van der Waals surface area contributed by atoms with Crippen molar-refractivity contribution in [1.82, 2.24) is 9.80 Å². The third-order valence-corrected chi connectivity index (χ3v) is 4.41. The minimum Gasteiger partial charge on any atom is -0.503 e. The van der Waals surface area contributed by atoms with Gasteiger partial charge in [-0.2, -0.15) is 0 Å². The van der Waals surface area contributed by atoms with Crippen LogP contribution in [0.1, 0.15) is 19.4 Å². The molecule has 2 rings (SSSR count). The van der Waals surface area contributed by atoms with Crippen LogP contribution in [-0.2, 0) is 6.54 Å². The molecule has 1 aromatic rings. The Labute approximate surface area is 135 Å². The molecule has 0 unspecified atom stereocenters. The smallest absolute Gasteiger partial charge is 0.172 e. The fourth-order valence-electron chi connectivity index (χ4n) is 2.78. The third kappa shape index (κ3) is 4.59. The van der Waals surface area contributed by atoms with E-state index in [0.29, 0.717) is 10.2 Å². The van der Waals surface area contributed by atoms with E-state index < -0.39 is 0 Å². The van der Waals surface area contributed by atoms with Gasteiger partial charge in [-0.25, -0.2) is 0 Å². The number of phenols is 1. The summed E-state index contributed by atoms with van der Waals surface area (Å²) in [5, 5.41) is 9.85. The van der Waals surface area contributed by atoms with E-state index in [1.54, 1.807) is 7.11 Å². The number of rotatable bonds is 5. The lowest BCUT2D eigenvalue weighted by molar-refractivity contribution is 0.117. The SMILES string of the molecule is COc1cc(CN2CCN(CC(C)C)CC2)cc(Br)c1O. The van der Waals surface area contributed by atoms with Crippen LogP contribution in [0.25, 0.3) is 0 Å². The standard InChI is InChI=1S/C16H25BrN2O2/c1-12(2)10-18-4-6-19(7-5-18)11-13-8-14(17)16(20)15(9-13)21-3/h8-9,12,20H,4-7,10-11H2,1-3H3. The van der Waals surface area contributed by atoms with Gasteiger partial charge in [0.15, 0.2) is 11.5 Å². The molecule has 0 radical (unpaired) electrons. The van der Waals surface area contributed by atoms with Crippen molar-refractivity contribution < 1.29 is 9.84 Å². The monoisotopic (exact) mass is 356 g/mol. The minimum absolute atomic E-state index is 0.169. The summed E-state index contributed by atoms with van der Waals surface area (Å²) in [4.78, 5) is 4.99. The van der Waals surface area contributed by atoms with Gasteiger partial charge in [0, 0.05) is 39.3 Å². The topological polar surface area (TPSA) is 35.9 Å². The van der Waals surface area contributed by atoms with Gasteiger partial charge in [-0.1, -0.05) is 13.8 Å². The Hall–Kier alpha value is -0.780. The van der Waals surface area contributed by atoms with E-state index in [1.807, 2.05) is 12.1 Å². The number of ether oxygens (including phenoxy) is 1. The van der Waals surface area contributed by atoms with E-state index in [4.69, 9.17) is 4.74 Å². The third-order valence-electron chi connectivity index (χ3n) is 3.80. The maximum absolute atomic E-state index is 9.85. The van der Waals surface area contributed by atoms with Gasteiger partial charge >= 0.3 is 0 Å². The van der Waals surface area contributed by atoms with Gasteiger partial charge in [0.05, 0.1) is 11.6 Å². The number of hydrogen-bond acceptors (Lipinski definition) is 4. The highest BCUT2D eigenvalue weighted by Crippen LogP contribution is 2.35. The summed E-state index contributed by atoms with van der Waals surface area (Å²) in [6.07, 6.45) is 0. The molecule has 4 nitrogen and oxygen atoms in total. The maximum atomic E-state index is 9.85. The largest absolute Gasteiger partial charge is 0.503 e. The van der Waals surface area contributed by atoms with Gasteiger partial charge in [0.2, 0.25) is 0 Å². The summed E-state index contributed by atoms with van der Waals surface area (Å²) < 4.78 is 5.90. The highest BCUT2D eigenvalue weighted by atomic mass is 79.9. The predicted octanol–water partition coefficient (Wildman–Crippen LogP) is 2.94. The molecular weight excluding hydrogens is 332 g/mol. The zero-order chi connectivity index (χ0) is 15.4. The van der Waals surface area contributed by atoms with Crippen molar-refractivity contribution in [2.24, 2.45) is 5.92 Å². The fourth-order valence-corrected chi connectivity index (χ4v) is 3.27. The second-order valence-corrected chi connectivity index (χ2v) is 6.95. The van der Waals surface area contributed by atoms with E-state index in [1.165, 1.54) is 6.54 Å². The van der Waals surface area contributed by atoms with Crippen LogP contribution in [0.2, 0.25) is 0 Å². The summed E-state index contributed by atoms with van der Waals surface area (Å²) in [7, 11) is 1.58. The lowest BCUT2D eigenvalue weighted by atomic mass is 10.1. The summed E-state index contributed by atoms with van der Waals surface area (Å²) >= 11 is 3.38. The second-order valence-electron chi connectivity index (χ2n) is 6.10. The highest BCUT2D eigenvalue weighted by Gasteiger charge is 2.18. The number of halogens is 1. The molecule has 0 atom stereocenters. The number of methoxy groups -OCH3 is 1.